The summed E-state index contributed by atoms with van der Waals surface area (Å²) in [5.41, 5.74) is 0.894. The van der Waals surface area contributed by atoms with E-state index in [1.165, 1.54) is 0 Å². The van der Waals surface area contributed by atoms with Gasteiger partial charge in [-0.1, -0.05) is 11.6 Å². The van der Waals surface area contributed by atoms with Gasteiger partial charge in [-0.3, -0.25) is 14.5 Å². The van der Waals surface area contributed by atoms with Crippen LogP contribution in [0.3, 0.4) is 0 Å². The number of oxazole rings is 1. The molecule has 2 heterocycles. The molecule has 1 amide bonds. The van der Waals surface area contributed by atoms with Crippen LogP contribution in [-0.2, 0) is 17.8 Å². The maximum atomic E-state index is 12.1. The quantitative estimate of drug-likeness (QED) is 0.585. The van der Waals surface area contributed by atoms with Crippen molar-refractivity contribution in [1.29, 1.82) is 0 Å². The standard InChI is InChI=1S/C18H18ClN5O2S/c19-12-3-1-11(2-4-12)14-9-21-17(26-14)8-7-16(25)20-10-15-22-23-18(27)24(15)13-5-6-13/h1-4,9,13H,5-8,10H2,(H,20,25)(H,23,27). The summed E-state index contributed by atoms with van der Waals surface area (Å²) < 4.78 is 8.31. The number of hydrogen-bond acceptors (Lipinski definition) is 5. The number of rotatable bonds is 7. The number of carbonyl (C=O) groups is 1. The largest absolute Gasteiger partial charge is 0.441 e. The molecule has 0 bridgehead atoms. The molecular formula is C18H18ClN5O2S. The van der Waals surface area contributed by atoms with E-state index < -0.39 is 0 Å². The highest BCUT2D eigenvalue weighted by Crippen LogP contribution is 2.35. The number of amides is 1. The average molecular weight is 404 g/mol. The summed E-state index contributed by atoms with van der Waals surface area (Å²) >= 11 is 11.1. The minimum absolute atomic E-state index is 0.0856. The number of aromatic amines is 1. The molecule has 1 saturated carbocycles. The van der Waals surface area contributed by atoms with E-state index in [1.54, 1.807) is 18.3 Å². The summed E-state index contributed by atoms with van der Waals surface area (Å²) in [6, 6.07) is 7.74. The van der Waals surface area contributed by atoms with Crippen molar-refractivity contribution in [2.45, 2.75) is 38.3 Å². The Morgan fingerprint density at radius 2 is 2.15 bits per heavy atom. The van der Waals surface area contributed by atoms with Gasteiger partial charge in [0.05, 0.1) is 12.7 Å². The van der Waals surface area contributed by atoms with Crippen molar-refractivity contribution in [1.82, 2.24) is 25.1 Å². The van der Waals surface area contributed by atoms with E-state index in [2.05, 4.69) is 20.5 Å². The number of aromatic nitrogens is 4. The molecule has 1 fully saturated rings. The Bertz CT molecular complexity index is 1000. The van der Waals surface area contributed by atoms with Gasteiger partial charge in [0.2, 0.25) is 5.91 Å². The summed E-state index contributed by atoms with van der Waals surface area (Å²) in [5.74, 6) is 1.85. The number of nitrogens with one attached hydrogen (secondary N) is 2. The van der Waals surface area contributed by atoms with E-state index in [0.29, 0.717) is 40.5 Å². The van der Waals surface area contributed by atoms with Crippen LogP contribution in [0.2, 0.25) is 5.02 Å². The van der Waals surface area contributed by atoms with Crippen LogP contribution >= 0.6 is 23.8 Å². The van der Waals surface area contributed by atoms with Crippen molar-refractivity contribution in [3.05, 3.63) is 52.0 Å². The third kappa shape index (κ3) is 4.28. The fourth-order valence-electron chi connectivity index (χ4n) is 2.83. The highest BCUT2D eigenvalue weighted by atomic mass is 35.5. The van der Waals surface area contributed by atoms with Crippen molar-refractivity contribution in [2.24, 2.45) is 0 Å². The van der Waals surface area contributed by atoms with Gasteiger partial charge in [0, 0.05) is 29.5 Å². The van der Waals surface area contributed by atoms with Crippen LogP contribution in [0.1, 0.15) is 37.0 Å². The van der Waals surface area contributed by atoms with Crippen molar-refractivity contribution in [3.8, 4) is 11.3 Å². The first-order chi connectivity index (χ1) is 13.1. The van der Waals surface area contributed by atoms with Gasteiger partial charge in [0.25, 0.3) is 0 Å². The van der Waals surface area contributed by atoms with Gasteiger partial charge < -0.3 is 9.73 Å². The Morgan fingerprint density at radius 3 is 2.89 bits per heavy atom. The molecule has 1 aliphatic rings. The van der Waals surface area contributed by atoms with E-state index in [9.17, 15) is 4.79 Å². The van der Waals surface area contributed by atoms with E-state index in [-0.39, 0.29) is 12.3 Å². The molecule has 2 N–H and O–H groups in total. The van der Waals surface area contributed by atoms with Gasteiger partial charge in [-0.2, -0.15) is 5.10 Å². The molecule has 0 unspecified atom stereocenters. The van der Waals surface area contributed by atoms with Gasteiger partial charge in [0.15, 0.2) is 22.2 Å². The summed E-state index contributed by atoms with van der Waals surface area (Å²) in [5, 5.41) is 10.5. The van der Waals surface area contributed by atoms with Crippen LogP contribution in [0.4, 0.5) is 0 Å². The molecule has 0 saturated heterocycles. The lowest BCUT2D eigenvalue weighted by molar-refractivity contribution is -0.121. The first-order valence-electron chi connectivity index (χ1n) is 8.73. The van der Waals surface area contributed by atoms with Crippen LogP contribution in [0.5, 0.6) is 0 Å². The lowest BCUT2D eigenvalue weighted by atomic mass is 10.2. The Kier molecular flexibility index (Phi) is 5.09. The van der Waals surface area contributed by atoms with Crippen molar-refractivity contribution in [3.63, 3.8) is 0 Å². The molecule has 1 aliphatic carbocycles. The third-order valence-electron chi connectivity index (χ3n) is 4.38. The lowest BCUT2D eigenvalue weighted by Gasteiger charge is -2.06. The Balaban J connectivity index is 1.30. The molecule has 1 aromatic carbocycles. The Hall–Kier alpha value is -2.45. The van der Waals surface area contributed by atoms with Crippen LogP contribution in [0, 0.1) is 4.77 Å². The molecule has 9 heteroatoms. The lowest BCUT2D eigenvalue weighted by Crippen LogP contribution is -2.25. The monoisotopic (exact) mass is 403 g/mol. The third-order valence-corrected chi connectivity index (χ3v) is 4.92. The van der Waals surface area contributed by atoms with Gasteiger partial charge in [-0.05, 0) is 49.3 Å². The SMILES string of the molecule is O=C(CCc1ncc(-c2ccc(Cl)cc2)o1)NCc1n[nH]c(=S)n1C1CC1. The zero-order chi connectivity index (χ0) is 18.8. The maximum Gasteiger partial charge on any atom is 0.220 e. The summed E-state index contributed by atoms with van der Waals surface area (Å²) in [4.78, 5) is 16.4. The first kappa shape index (κ1) is 17.9. The van der Waals surface area contributed by atoms with Crippen LogP contribution < -0.4 is 5.32 Å². The van der Waals surface area contributed by atoms with E-state index in [1.807, 2.05) is 16.7 Å². The molecule has 4 rings (SSSR count). The first-order valence-corrected chi connectivity index (χ1v) is 9.52. The number of benzene rings is 1. The summed E-state index contributed by atoms with van der Waals surface area (Å²) in [7, 11) is 0. The topological polar surface area (TPSA) is 88.7 Å². The zero-order valence-electron chi connectivity index (χ0n) is 14.4. The van der Waals surface area contributed by atoms with Crippen molar-refractivity contribution < 1.29 is 9.21 Å². The molecule has 2 aromatic heterocycles. The Morgan fingerprint density at radius 1 is 1.37 bits per heavy atom. The highest BCUT2D eigenvalue weighted by Gasteiger charge is 2.27. The van der Waals surface area contributed by atoms with E-state index >= 15 is 0 Å². The van der Waals surface area contributed by atoms with Crippen molar-refractivity contribution in [2.75, 3.05) is 0 Å². The molecular weight excluding hydrogens is 386 g/mol. The molecule has 0 atom stereocenters. The number of aryl methyl sites for hydroxylation is 1. The predicted molar refractivity (Wildman–Crippen MR) is 103 cm³/mol. The number of hydrogen-bond donors (Lipinski definition) is 2. The second kappa shape index (κ2) is 7.66. The highest BCUT2D eigenvalue weighted by molar-refractivity contribution is 7.71. The van der Waals surface area contributed by atoms with Gasteiger partial charge in [0.1, 0.15) is 0 Å². The van der Waals surface area contributed by atoms with Gasteiger partial charge in [-0.25, -0.2) is 4.98 Å². The average Bonchev–Trinajstić information content (AvgIpc) is 3.26. The van der Waals surface area contributed by atoms with Gasteiger partial charge >= 0.3 is 0 Å². The van der Waals surface area contributed by atoms with Crippen molar-refractivity contribution >= 4 is 29.7 Å². The zero-order valence-corrected chi connectivity index (χ0v) is 16.0. The summed E-state index contributed by atoms with van der Waals surface area (Å²) in [6.45, 7) is 0.351. The number of halogens is 1. The smallest absolute Gasteiger partial charge is 0.220 e. The van der Waals surface area contributed by atoms with Crippen LogP contribution in [-0.4, -0.2) is 25.7 Å². The number of nitrogens with zero attached hydrogens (tertiary/aromatic N) is 3. The molecule has 0 spiro atoms. The second-order valence-corrected chi connectivity index (χ2v) is 7.27. The minimum atomic E-state index is -0.0856. The molecule has 3 aromatic rings. The predicted octanol–water partition coefficient (Wildman–Crippen LogP) is 3.83. The molecule has 27 heavy (non-hydrogen) atoms. The fraction of sp³-hybridized carbons (Fsp3) is 0.333. The molecule has 7 nitrogen and oxygen atoms in total. The molecule has 140 valence electrons. The van der Waals surface area contributed by atoms with Crippen LogP contribution in [0.25, 0.3) is 11.3 Å². The Labute approximate surface area is 165 Å². The van der Waals surface area contributed by atoms with Crippen LogP contribution in [0.15, 0.2) is 34.9 Å². The maximum absolute atomic E-state index is 12.1. The van der Waals surface area contributed by atoms with E-state index in [0.717, 1.165) is 24.2 Å². The second-order valence-electron chi connectivity index (χ2n) is 6.45. The number of H-pyrrole nitrogens is 1. The molecule has 0 aliphatic heterocycles. The van der Waals surface area contributed by atoms with E-state index in [4.69, 9.17) is 28.2 Å². The van der Waals surface area contributed by atoms with Gasteiger partial charge in [-0.15, -0.1) is 0 Å². The fourth-order valence-corrected chi connectivity index (χ4v) is 3.26. The minimum Gasteiger partial charge on any atom is -0.441 e. The summed E-state index contributed by atoms with van der Waals surface area (Å²) in [6.07, 6.45) is 4.58. The molecule has 0 radical (unpaired) electrons. The number of carbonyl (C=O) groups excluding carboxylic acids is 1. The normalized spacial score (nSPS) is 13.7.